The fraction of sp³-hybridized carbons (Fsp3) is 0.100. The molecule has 1 rings (SSSR count). The Kier molecular flexibility index (Phi) is 3.63. The van der Waals surface area contributed by atoms with Crippen LogP contribution in [0.1, 0.15) is 11.1 Å². The van der Waals surface area contributed by atoms with Gasteiger partial charge >= 0.3 is 5.97 Å². The quantitative estimate of drug-likeness (QED) is 0.501. The summed E-state index contributed by atoms with van der Waals surface area (Å²) in [5, 5.41) is 19.5. The van der Waals surface area contributed by atoms with Gasteiger partial charge in [-0.15, -0.1) is 0 Å². The number of nitro benzene ring substituents is 1. The average molecular weight is 242 g/mol. The van der Waals surface area contributed by atoms with E-state index in [-0.39, 0.29) is 16.3 Å². The van der Waals surface area contributed by atoms with Crippen LogP contribution in [0.2, 0.25) is 5.02 Å². The summed E-state index contributed by atoms with van der Waals surface area (Å²) in [4.78, 5) is 20.5. The average Bonchev–Trinajstić information content (AvgIpc) is 2.19. The van der Waals surface area contributed by atoms with Crippen LogP contribution in [0.3, 0.4) is 0 Å². The number of hydrogen-bond donors (Lipinski definition) is 1. The monoisotopic (exact) mass is 241 g/mol. The Balaban J connectivity index is 3.34. The molecule has 0 heterocycles. The first kappa shape index (κ1) is 12.2. The van der Waals surface area contributed by atoms with E-state index in [4.69, 9.17) is 16.7 Å². The fourth-order valence-electron chi connectivity index (χ4n) is 1.23. The standard InChI is InChI=1S/C10H8ClNO4/c1-6-8(11)4-2-7(3-5-9(13)14)10(6)12(15)16/h2-5H,1H3,(H,13,14)/b5-3+. The molecule has 5 nitrogen and oxygen atoms in total. The second-order valence-electron chi connectivity index (χ2n) is 3.04. The first-order valence-corrected chi connectivity index (χ1v) is 4.65. The Hall–Kier alpha value is -1.88. The second-order valence-corrected chi connectivity index (χ2v) is 3.45. The number of carboxylic acids is 1. The molecule has 1 aromatic rings. The van der Waals surface area contributed by atoms with Crippen molar-refractivity contribution in [2.75, 3.05) is 0 Å². The smallest absolute Gasteiger partial charge is 0.328 e. The van der Waals surface area contributed by atoms with Crippen LogP contribution in [0.15, 0.2) is 18.2 Å². The lowest BCUT2D eigenvalue weighted by molar-refractivity contribution is -0.385. The number of aliphatic carboxylic acids is 1. The van der Waals surface area contributed by atoms with Crippen LogP contribution in [0.5, 0.6) is 0 Å². The Bertz CT molecular complexity index is 482. The van der Waals surface area contributed by atoms with Crippen molar-refractivity contribution >= 4 is 29.3 Å². The zero-order chi connectivity index (χ0) is 12.3. The van der Waals surface area contributed by atoms with Gasteiger partial charge in [0.05, 0.1) is 15.5 Å². The van der Waals surface area contributed by atoms with E-state index in [0.29, 0.717) is 5.56 Å². The largest absolute Gasteiger partial charge is 0.478 e. The van der Waals surface area contributed by atoms with Crippen LogP contribution in [0, 0.1) is 17.0 Å². The summed E-state index contributed by atoms with van der Waals surface area (Å²) in [6.45, 7) is 1.51. The van der Waals surface area contributed by atoms with Crippen molar-refractivity contribution in [3.63, 3.8) is 0 Å². The molecule has 16 heavy (non-hydrogen) atoms. The van der Waals surface area contributed by atoms with E-state index in [1.54, 1.807) is 0 Å². The van der Waals surface area contributed by atoms with Gasteiger partial charge in [-0.05, 0) is 25.1 Å². The van der Waals surface area contributed by atoms with Crippen molar-refractivity contribution in [1.82, 2.24) is 0 Å². The van der Waals surface area contributed by atoms with Gasteiger partial charge in [-0.25, -0.2) is 4.79 Å². The molecular formula is C10H8ClNO4. The third-order valence-corrected chi connectivity index (χ3v) is 2.39. The highest BCUT2D eigenvalue weighted by molar-refractivity contribution is 6.31. The maximum absolute atomic E-state index is 10.8. The van der Waals surface area contributed by atoms with E-state index < -0.39 is 10.9 Å². The zero-order valence-corrected chi connectivity index (χ0v) is 9.06. The minimum absolute atomic E-state index is 0.176. The summed E-state index contributed by atoms with van der Waals surface area (Å²) in [6, 6.07) is 2.90. The maximum atomic E-state index is 10.8. The molecule has 1 aromatic carbocycles. The maximum Gasteiger partial charge on any atom is 0.328 e. The molecule has 0 radical (unpaired) electrons. The van der Waals surface area contributed by atoms with Crippen molar-refractivity contribution in [3.8, 4) is 0 Å². The van der Waals surface area contributed by atoms with Crippen LogP contribution in [0.25, 0.3) is 6.08 Å². The topological polar surface area (TPSA) is 80.4 Å². The molecule has 0 aliphatic heterocycles. The van der Waals surface area contributed by atoms with Crippen molar-refractivity contribution in [1.29, 1.82) is 0 Å². The fourth-order valence-corrected chi connectivity index (χ4v) is 1.39. The third-order valence-electron chi connectivity index (χ3n) is 1.98. The van der Waals surface area contributed by atoms with E-state index in [1.165, 1.54) is 25.1 Å². The molecule has 0 aromatic heterocycles. The van der Waals surface area contributed by atoms with Gasteiger partial charge < -0.3 is 5.11 Å². The molecule has 0 aliphatic rings. The van der Waals surface area contributed by atoms with Crippen LogP contribution >= 0.6 is 11.6 Å². The number of nitrogens with zero attached hydrogens (tertiary/aromatic N) is 1. The normalized spacial score (nSPS) is 10.6. The van der Waals surface area contributed by atoms with Gasteiger partial charge in [0.1, 0.15) is 0 Å². The SMILES string of the molecule is Cc1c(Cl)ccc(/C=C/C(=O)O)c1[N+](=O)[O-]. The Morgan fingerprint density at radius 3 is 2.69 bits per heavy atom. The molecule has 0 atom stereocenters. The lowest BCUT2D eigenvalue weighted by Crippen LogP contribution is -1.96. The Labute approximate surface area is 96.1 Å². The summed E-state index contributed by atoms with van der Waals surface area (Å²) in [7, 11) is 0. The van der Waals surface area contributed by atoms with Gasteiger partial charge in [-0.3, -0.25) is 10.1 Å². The highest BCUT2D eigenvalue weighted by Gasteiger charge is 2.17. The Morgan fingerprint density at radius 2 is 2.19 bits per heavy atom. The molecule has 0 amide bonds. The molecule has 0 unspecified atom stereocenters. The molecule has 0 aliphatic carbocycles. The lowest BCUT2D eigenvalue weighted by Gasteiger charge is -2.02. The van der Waals surface area contributed by atoms with E-state index >= 15 is 0 Å². The number of benzene rings is 1. The number of rotatable bonds is 3. The number of carboxylic acid groups (broad SMARTS) is 1. The molecule has 6 heteroatoms. The molecule has 84 valence electrons. The van der Waals surface area contributed by atoms with Gasteiger partial charge in [0.15, 0.2) is 0 Å². The van der Waals surface area contributed by atoms with E-state index in [2.05, 4.69) is 0 Å². The van der Waals surface area contributed by atoms with E-state index in [9.17, 15) is 14.9 Å². The number of carbonyl (C=O) groups is 1. The first-order valence-electron chi connectivity index (χ1n) is 4.28. The summed E-state index contributed by atoms with van der Waals surface area (Å²) in [5.74, 6) is -1.16. The predicted molar refractivity (Wildman–Crippen MR) is 59.5 cm³/mol. The molecule has 0 saturated carbocycles. The van der Waals surface area contributed by atoms with Gasteiger partial charge in [0.2, 0.25) is 0 Å². The Morgan fingerprint density at radius 1 is 1.56 bits per heavy atom. The van der Waals surface area contributed by atoms with Gasteiger partial charge in [-0.1, -0.05) is 11.6 Å². The van der Waals surface area contributed by atoms with Crippen LogP contribution in [-0.4, -0.2) is 16.0 Å². The highest BCUT2D eigenvalue weighted by atomic mass is 35.5. The molecule has 0 bridgehead atoms. The summed E-state index contributed by atoms with van der Waals surface area (Å²) in [5.41, 5.74) is 0.360. The van der Waals surface area contributed by atoms with Gasteiger partial charge in [-0.2, -0.15) is 0 Å². The minimum atomic E-state index is -1.16. The van der Waals surface area contributed by atoms with Crippen molar-refractivity contribution in [2.24, 2.45) is 0 Å². The first-order chi connectivity index (χ1) is 7.43. The predicted octanol–water partition coefficient (Wildman–Crippen LogP) is 2.65. The van der Waals surface area contributed by atoms with Crippen LogP contribution in [-0.2, 0) is 4.79 Å². The number of nitro groups is 1. The molecule has 0 spiro atoms. The number of hydrogen-bond acceptors (Lipinski definition) is 3. The van der Waals surface area contributed by atoms with Crippen LogP contribution < -0.4 is 0 Å². The van der Waals surface area contributed by atoms with Gasteiger partial charge in [0.25, 0.3) is 5.69 Å². The summed E-state index contributed by atoms with van der Waals surface area (Å²) in [6.07, 6.45) is 2.01. The van der Waals surface area contributed by atoms with Crippen molar-refractivity contribution in [2.45, 2.75) is 6.92 Å². The molecule has 0 saturated heterocycles. The zero-order valence-electron chi connectivity index (χ0n) is 8.31. The lowest BCUT2D eigenvalue weighted by atomic mass is 10.1. The van der Waals surface area contributed by atoms with Crippen molar-refractivity contribution < 1.29 is 14.8 Å². The molecular weight excluding hydrogens is 234 g/mol. The highest BCUT2D eigenvalue weighted by Crippen LogP contribution is 2.30. The van der Waals surface area contributed by atoms with Crippen molar-refractivity contribution in [3.05, 3.63) is 44.5 Å². The summed E-state index contributed by atoms with van der Waals surface area (Å²) >= 11 is 5.75. The minimum Gasteiger partial charge on any atom is -0.478 e. The molecule has 1 N–H and O–H groups in total. The second kappa shape index (κ2) is 4.76. The molecule has 0 fully saturated rings. The summed E-state index contributed by atoms with van der Waals surface area (Å²) < 4.78 is 0. The van der Waals surface area contributed by atoms with Gasteiger partial charge in [0, 0.05) is 11.6 Å². The number of halogens is 1. The van der Waals surface area contributed by atoms with E-state index in [0.717, 1.165) is 6.08 Å². The third kappa shape index (κ3) is 2.58. The van der Waals surface area contributed by atoms with Crippen LogP contribution in [0.4, 0.5) is 5.69 Å². The van der Waals surface area contributed by atoms with E-state index in [1.807, 2.05) is 0 Å².